The quantitative estimate of drug-likeness (QED) is 0.841. The average Bonchev–Trinajstić information content (AvgIpc) is 2.75. The van der Waals surface area contributed by atoms with E-state index in [1.807, 2.05) is 0 Å². The summed E-state index contributed by atoms with van der Waals surface area (Å²) >= 11 is 0. The molecule has 9 heteroatoms. The van der Waals surface area contributed by atoms with Gasteiger partial charge in [-0.3, -0.25) is 0 Å². The molecular weight excluding hydrogens is 345 g/mol. The van der Waals surface area contributed by atoms with Crippen molar-refractivity contribution in [1.29, 1.82) is 0 Å². The third kappa shape index (κ3) is 6.29. The average molecular weight is 366 g/mol. The van der Waals surface area contributed by atoms with Crippen molar-refractivity contribution in [2.45, 2.75) is 36.9 Å². The van der Waals surface area contributed by atoms with Gasteiger partial charge >= 0.3 is 6.36 Å². The van der Waals surface area contributed by atoms with E-state index < -0.39 is 22.1 Å². The Morgan fingerprint density at radius 1 is 1.04 bits per heavy atom. The lowest BCUT2D eigenvalue weighted by molar-refractivity contribution is -0.274. The van der Waals surface area contributed by atoms with Gasteiger partial charge in [0.25, 0.3) is 0 Å². The molecule has 24 heavy (non-hydrogen) atoms. The maximum absolute atomic E-state index is 12.1. The van der Waals surface area contributed by atoms with Gasteiger partial charge in [0, 0.05) is 13.1 Å². The van der Waals surface area contributed by atoms with Crippen molar-refractivity contribution in [1.82, 2.24) is 9.62 Å². The topological polar surface area (TPSA) is 58.6 Å². The van der Waals surface area contributed by atoms with Crippen LogP contribution in [-0.2, 0) is 10.0 Å². The number of hydrogen-bond donors (Lipinski definition) is 1. The highest BCUT2D eigenvalue weighted by Gasteiger charge is 2.31. The van der Waals surface area contributed by atoms with Crippen molar-refractivity contribution in [3.8, 4) is 5.75 Å². The molecule has 1 fully saturated rings. The van der Waals surface area contributed by atoms with Crippen LogP contribution in [0.2, 0.25) is 0 Å². The van der Waals surface area contributed by atoms with E-state index in [4.69, 9.17) is 0 Å². The van der Waals surface area contributed by atoms with Crippen LogP contribution in [0, 0.1) is 0 Å². The maximum Gasteiger partial charge on any atom is 0.573 e. The number of ether oxygens (including phenoxy) is 1. The lowest BCUT2D eigenvalue weighted by Crippen LogP contribution is -2.35. The zero-order chi connectivity index (χ0) is 17.6. The largest absolute Gasteiger partial charge is 0.573 e. The van der Waals surface area contributed by atoms with Gasteiger partial charge < -0.3 is 9.64 Å². The summed E-state index contributed by atoms with van der Waals surface area (Å²) in [5, 5.41) is 0. The third-order valence-corrected chi connectivity index (χ3v) is 5.26. The van der Waals surface area contributed by atoms with Gasteiger partial charge in [-0.25, -0.2) is 13.1 Å². The molecule has 0 atom stereocenters. The second-order valence-corrected chi connectivity index (χ2v) is 7.44. The highest BCUT2D eigenvalue weighted by molar-refractivity contribution is 7.89. The van der Waals surface area contributed by atoms with Crippen LogP contribution in [0.15, 0.2) is 29.2 Å². The fourth-order valence-electron chi connectivity index (χ4n) is 2.60. The number of benzene rings is 1. The molecule has 0 radical (unpaired) electrons. The van der Waals surface area contributed by atoms with Crippen molar-refractivity contribution in [3.63, 3.8) is 0 Å². The lowest BCUT2D eigenvalue weighted by atomic mass is 10.2. The molecule has 1 saturated heterocycles. The number of sulfonamides is 1. The smallest absolute Gasteiger partial charge is 0.406 e. The number of halogens is 3. The molecule has 0 amide bonds. The molecule has 0 bridgehead atoms. The van der Waals surface area contributed by atoms with Gasteiger partial charge in [0.05, 0.1) is 4.90 Å². The molecule has 0 spiro atoms. The van der Waals surface area contributed by atoms with E-state index in [1.165, 1.54) is 12.8 Å². The van der Waals surface area contributed by atoms with Gasteiger partial charge in [0.2, 0.25) is 10.0 Å². The van der Waals surface area contributed by atoms with E-state index in [2.05, 4.69) is 14.4 Å². The lowest BCUT2D eigenvalue weighted by Gasteiger charge is -2.19. The first kappa shape index (κ1) is 19.0. The Morgan fingerprint density at radius 2 is 1.62 bits per heavy atom. The third-order valence-electron chi connectivity index (χ3n) is 3.79. The van der Waals surface area contributed by atoms with Gasteiger partial charge in [-0.05, 0) is 50.2 Å². The Hall–Kier alpha value is -1.32. The summed E-state index contributed by atoms with van der Waals surface area (Å²) < 4.78 is 66.8. The van der Waals surface area contributed by atoms with Gasteiger partial charge in [-0.1, -0.05) is 12.8 Å². The molecule has 1 aliphatic rings. The number of nitrogens with one attached hydrogen (secondary N) is 1. The van der Waals surface area contributed by atoms with Gasteiger partial charge in [-0.15, -0.1) is 13.2 Å². The second kappa shape index (κ2) is 8.17. The van der Waals surface area contributed by atoms with Gasteiger partial charge in [0.15, 0.2) is 0 Å². The van der Waals surface area contributed by atoms with E-state index >= 15 is 0 Å². The van der Waals surface area contributed by atoms with Crippen LogP contribution in [0.5, 0.6) is 5.75 Å². The first-order chi connectivity index (χ1) is 11.3. The fourth-order valence-corrected chi connectivity index (χ4v) is 3.62. The Bertz CT molecular complexity index is 610. The van der Waals surface area contributed by atoms with Crippen molar-refractivity contribution in [2.24, 2.45) is 0 Å². The molecule has 0 unspecified atom stereocenters. The summed E-state index contributed by atoms with van der Waals surface area (Å²) in [4.78, 5) is 2.13. The van der Waals surface area contributed by atoms with E-state index in [0.717, 1.165) is 50.2 Å². The van der Waals surface area contributed by atoms with Crippen LogP contribution < -0.4 is 9.46 Å². The zero-order valence-electron chi connectivity index (χ0n) is 13.2. The highest BCUT2D eigenvalue weighted by atomic mass is 32.2. The summed E-state index contributed by atoms with van der Waals surface area (Å²) in [6.45, 7) is 2.81. The van der Waals surface area contributed by atoms with Crippen molar-refractivity contribution in [3.05, 3.63) is 24.3 Å². The molecule has 1 aromatic carbocycles. The van der Waals surface area contributed by atoms with Crippen LogP contribution in [0.1, 0.15) is 25.7 Å². The van der Waals surface area contributed by atoms with E-state index in [1.54, 1.807) is 0 Å². The van der Waals surface area contributed by atoms with E-state index in [-0.39, 0.29) is 11.4 Å². The fraction of sp³-hybridized carbons (Fsp3) is 0.600. The normalized spacial score (nSPS) is 17.5. The Kier molecular flexibility index (Phi) is 6.47. The minimum Gasteiger partial charge on any atom is -0.406 e. The molecule has 1 aliphatic heterocycles. The molecule has 1 N–H and O–H groups in total. The van der Waals surface area contributed by atoms with Crippen molar-refractivity contribution in [2.75, 3.05) is 26.2 Å². The van der Waals surface area contributed by atoms with Gasteiger partial charge in [-0.2, -0.15) is 0 Å². The molecule has 0 aromatic heterocycles. The van der Waals surface area contributed by atoms with Crippen molar-refractivity contribution >= 4 is 10.0 Å². The molecule has 0 saturated carbocycles. The predicted molar refractivity (Wildman–Crippen MR) is 83.2 cm³/mol. The molecule has 1 heterocycles. The summed E-state index contributed by atoms with van der Waals surface area (Å²) in [7, 11) is -3.74. The molecule has 5 nitrogen and oxygen atoms in total. The zero-order valence-corrected chi connectivity index (χ0v) is 14.0. The van der Waals surface area contributed by atoms with Crippen LogP contribution >= 0.6 is 0 Å². The van der Waals surface area contributed by atoms with Crippen molar-refractivity contribution < 1.29 is 26.3 Å². The van der Waals surface area contributed by atoms with E-state index in [0.29, 0.717) is 6.54 Å². The predicted octanol–water partition coefficient (Wildman–Crippen LogP) is 2.74. The number of likely N-dealkylation sites (tertiary alicyclic amines) is 1. The molecule has 1 aromatic rings. The Balaban J connectivity index is 1.87. The number of nitrogens with zero attached hydrogens (tertiary/aromatic N) is 1. The summed E-state index contributed by atoms with van der Waals surface area (Å²) in [5.41, 5.74) is 0. The van der Waals surface area contributed by atoms with Crippen LogP contribution in [0.25, 0.3) is 0 Å². The van der Waals surface area contributed by atoms with Crippen LogP contribution in [-0.4, -0.2) is 45.9 Å². The Labute approximate surface area is 139 Å². The molecule has 136 valence electrons. The highest BCUT2D eigenvalue weighted by Crippen LogP contribution is 2.23. The summed E-state index contributed by atoms with van der Waals surface area (Å²) in [6, 6.07) is 4.15. The van der Waals surface area contributed by atoms with E-state index in [9.17, 15) is 21.6 Å². The standard InChI is InChI=1S/C15H21F3N2O3S/c16-15(17,18)23-13-5-7-14(8-6-13)24(21,22)19-9-12-20-10-3-1-2-4-11-20/h5-8,19H,1-4,9-12H2. The number of hydrogen-bond acceptors (Lipinski definition) is 4. The number of rotatable bonds is 6. The first-order valence-corrected chi connectivity index (χ1v) is 9.32. The molecule has 0 aliphatic carbocycles. The molecule has 2 rings (SSSR count). The maximum atomic E-state index is 12.1. The minimum absolute atomic E-state index is 0.0899. The minimum atomic E-state index is -4.80. The summed E-state index contributed by atoms with van der Waals surface area (Å²) in [5.74, 6) is -0.453. The number of alkyl halides is 3. The SMILES string of the molecule is O=S(=O)(NCCN1CCCCCC1)c1ccc(OC(F)(F)F)cc1. The van der Waals surface area contributed by atoms with Gasteiger partial charge in [0.1, 0.15) is 5.75 Å². The monoisotopic (exact) mass is 366 g/mol. The Morgan fingerprint density at radius 3 is 2.17 bits per heavy atom. The summed E-state index contributed by atoms with van der Waals surface area (Å²) in [6.07, 6.45) is -0.157. The first-order valence-electron chi connectivity index (χ1n) is 7.84. The molecular formula is C15H21F3N2O3S. The van der Waals surface area contributed by atoms with Crippen LogP contribution in [0.3, 0.4) is 0 Å². The van der Waals surface area contributed by atoms with Crippen LogP contribution in [0.4, 0.5) is 13.2 Å². The second-order valence-electron chi connectivity index (χ2n) is 5.67.